The van der Waals surface area contributed by atoms with Crippen molar-refractivity contribution in [2.75, 3.05) is 31.7 Å². The fourth-order valence-corrected chi connectivity index (χ4v) is 5.16. The summed E-state index contributed by atoms with van der Waals surface area (Å²) in [6, 6.07) is 4.41. The molecule has 0 spiro atoms. The SMILES string of the molecule is CNC(=O)c1sc2ncnc(Nc3ccc(F)cc3OC3CCN(SC)C3)c2c1C. The lowest BCUT2D eigenvalue weighted by atomic mass is 10.2. The standard InChI is InChI=1S/C20H22FN5O2S2/c1-11-16-18(23-10-24-20(16)30-17(11)19(27)22-2)25-14-5-4-12(21)8-15(14)28-13-6-7-26(9-13)29-3/h4-5,8,10,13H,6-7,9H2,1-3H3,(H,22,27)(H,23,24,25). The molecule has 0 saturated carbocycles. The maximum Gasteiger partial charge on any atom is 0.261 e. The van der Waals surface area contributed by atoms with E-state index in [9.17, 15) is 9.18 Å². The van der Waals surface area contributed by atoms with Crippen LogP contribution in [0.15, 0.2) is 24.5 Å². The van der Waals surface area contributed by atoms with E-state index in [2.05, 4.69) is 24.9 Å². The first kappa shape index (κ1) is 20.8. The van der Waals surface area contributed by atoms with Gasteiger partial charge in [0.1, 0.15) is 34.6 Å². The molecule has 0 aliphatic carbocycles. The Morgan fingerprint density at radius 3 is 2.97 bits per heavy atom. The maximum absolute atomic E-state index is 14.0. The van der Waals surface area contributed by atoms with E-state index in [1.165, 1.54) is 29.8 Å². The Balaban J connectivity index is 1.67. The molecule has 0 bridgehead atoms. The third-order valence-corrected chi connectivity index (χ3v) is 7.06. The van der Waals surface area contributed by atoms with Crippen LogP contribution in [0.4, 0.5) is 15.9 Å². The molecule has 2 N–H and O–H groups in total. The van der Waals surface area contributed by atoms with E-state index < -0.39 is 0 Å². The Bertz CT molecular complexity index is 1090. The van der Waals surface area contributed by atoms with Gasteiger partial charge in [-0.25, -0.2) is 18.7 Å². The minimum Gasteiger partial charge on any atom is -0.487 e. The lowest BCUT2D eigenvalue weighted by Gasteiger charge is -2.18. The lowest BCUT2D eigenvalue weighted by molar-refractivity contribution is 0.0966. The second-order valence-electron chi connectivity index (χ2n) is 6.90. The van der Waals surface area contributed by atoms with Crippen LogP contribution >= 0.6 is 23.3 Å². The molecule has 1 unspecified atom stereocenters. The van der Waals surface area contributed by atoms with Crippen molar-refractivity contribution in [3.05, 3.63) is 40.8 Å². The van der Waals surface area contributed by atoms with E-state index in [4.69, 9.17) is 4.74 Å². The Hall–Kier alpha value is -2.43. The number of benzene rings is 1. The molecule has 3 heterocycles. The molecule has 0 radical (unpaired) electrons. The summed E-state index contributed by atoms with van der Waals surface area (Å²) < 4.78 is 22.3. The Kier molecular flexibility index (Phi) is 6.07. The minimum absolute atomic E-state index is 0.00652. The van der Waals surface area contributed by atoms with Gasteiger partial charge in [-0.05, 0) is 37.3 Å². The summed E-state index contributed by atoms with van der Waals surface area (Å²) in [6.07, 6.45) is 4.36. The summed E-state index contributed by atoms with van der Waals surface area (Å²) in [4.78, 5) is 22.2. The predicted octanol–water partition coefficient (Wildman–Crippen LogP) is 3.97. The quantitative estimate of drug-likeness (QED) is 0.554. The second-order valence-corrected chi connectivity index (χ2v) is 8.78. The number of hydrogen-bond acceptors (Lipinski definition) is 8. The van der Waals surface area contributed by atoms with Crippen molar-refractivity contribution in [2.45, 2.75) is 19.4 Å². The summed E-state index contributed by atoms with van der Waals surface area (Å²) in [7, 11) is 1.60. The Labute approximate surface area is 182 Å². The molecule has 30 heavy (non-hydrogen) atoms. The van der Waals surface area contributed by atoms with Gasteiger partial charge in [0, 0.05) is 26.2 Å². The number of carbonyl (C=O) groups excluding carboxylic acids is 1. The van der Waals surface area contributed by atoms with Crippen LogP contribution in [0.25, 0.3) is 10.2 Å². The average molecular weight is 448 g/mol. The van der Waals surface area contributed by atoms with E-state index in [0.29, 0.717) is 27.0 Å². The van der Waals surface area contributed by atoms with Gasteiger partial charge in [-0.2, -0.15) is 0 Å². The van der Waals surface area contributed by atoms with Crippen molar-refractivity contribution in [2.24, 2.45) is 0 Å². The van der Waals surface area contributed by atoms with Crippen LogP contribution in [0.3, 0.4) is 0 Å². The number of carbonyl (C=O) groups is 1. The zero-order chi connectivity index (χ0) is 21.3. The van der Waals surface area contributed by atoms with Gasteiger partial charge in [0.2, 0.25) is 0 Å². The zero-order valence-corrected chi connectivity index (χ0v) is 18.5. The number of amides is 1. The second kappa shape index (κ2) is 8.75. The van der Waals surface area contributed by atoms with E-state index in [0.717, 1.165) is 30.5 Å². The molecule has 1 fully saturated rings. The molecule has 3 aromatic rings. The predicted molar refractivity (Wildman–Crippen MR) is 119 cm³/mol. The van der Waals surface area contributed by atoms with E-state index in [1.807, 2.05) is 13.2 Å². The van der Waals surface area contributed by atoms with Gasteiger partial charge < -0.3 is 15.4 Å². The number of fused-ring (bicyclic) bond motifs is 1. The average Bonchev–Trinajstić information content (AvgIpc) is 3.34. The minimum atomic E-state index is -0.364. The van der Waals surface area contributed by atoms with Crippen LogP contribution in [0.1, 0.15) is 21.7 Å². The molecule has 1 aliphatic rings. The summed E-state index contributed by atoms with van der Waals surface area (Å²) in [5.41, 5.74) is 1.42. The van der Waals surface area contributed by atoms with Gasteiger partial charge in [0.05, 0.1) is 16.0 Å². The first-order valence-electron chi connectivity index (χ1n) is 9.48. The van der Waals surface area contributed by atoms with Crippen LogP contribution in [0.2, 0.25) is 0 Å². The third kappa shape index (κ3) is 4.07. The molecular weight excluding hydrogens is 425 g/mol. The number of anilines is 2. The van der Waals surface area contributed by atoms with Crippen molar-refractivity contribution in [3.63, 3.8) is 0 Å². The molecule has 1 aliphatic heterocycles. The molecule has 4 rings (SSSR count). The number of ether oxygens (including phenoxy) is 1. The number of nitrogens with zero attached hydrogens (tertiary/aromatic N) is 3. The van der Waals surface area contributed by atoms with Gasteiger partial charge in [-0.15, -0.1) is 11.3 Å². The zero-order valence-electron chi connectivity index (χ0n) is 16.9. The van der Waals surface area contributed by atoms with Crippen molar-refractivity contribution in [1.29, 1.82) is 0 Å². The Morgan fingerprint density at radius 1 is 1.40 bits per heavy atom. The topological polar surface area (TPSA) is 79.4 Å². The highest BCUT2D eigenvalue weighted by molar-refractivity contribution is 7.96. The van der Waals surface area contributed by atoms with Crippen molar-refractivity contribution in [3.8, 4) is 5.75 Å². The van der Waals surface area contributed by atoms with Crippen LogP contribution in [0, 0.1) is 12.7 Å². The molecule has 1 aromatic carbocycles. The van der Waals surface area contributed by atoms with E-state index >= 15 is 0 Å². The molecule has 158 valence electrons. The van der Waals surface area contributed by atoms with Gasteiger partial charge in [0.15, 0.2) is 0 Å². The van der Waals surface area contributed by atoms with Gasteiger partial charge in [-0.1, -0.05) is 11.9 Å². The van der Waals surface area contributed by atoms with Crippen LogP contribution in [-0.4, -0.2) is 52.7 Å². The van der Waals surface area contributed by atoms with Crippen LogP contribution in [-0.2, 0) is 0 Å². The lowest BCUT2D eigenvalue weighted by Crippen LogP contribution is -2.20. The summed E-state index contributed by atoms with van der Waals surface area (Å²) in [6.45, 7) is 3.59. The van der Waals surface area contributed by atoms with Gasteiger partial charge in [-0.3, -0.25) is 4.79 Å². The number of rotatable bonds is 6. The van der Waals surface area contributed by atoms with Gasteiger partial charge in [0.25, 0.3) is 5.91 Å². The number of thiophene rings is 1. The highest BCUT2D eigenvalue weighted by Crippen LogP contribution is 2.37. The van der Waals surface area contributed by atoms with Crippen LogP contribution < -0.4 is 15.4 Å². The van der Waals surface area contributed by atoms with Crippen molar-refractivity contribution < 1.29 is 13.9 Å². The highest BCUT2D eigenvalue weighted by Gasteiger charge is 2.25. The fraction of sp³-hybridized carbons (Fsp3) is 0.350. The van der Waals surface area contributed by atoms with E-state index in [-0.39, 0.29) is 17.8 Å². The summed E-state index contributed by atoms with van der Waals surface area (Å²) in [5, 5.41) is 6.69. The largest absolute Gasteiger partial charge is 0.487 e. The van der Waals surface area contributed by atoms with Crippen molar-refractivity contribution in [1.82, 2.24) is 19.6 Å². The first-order chi connectivity index (χ1) is 14.5. The summed E-state index contributed by atoms with van der Waals surface area (Å²) in [5.74, 6) is 0.468. The fourth-order valence-electron chi connectivity index (χ4n) is 3.46. The number of aromatic nitrogens is 2. The molecule has 10 heteroatoms. The Morgan fingerprint density at radius 2 is 2.23 bits per heavy atom. The molecule has 2 aromatic heterocycles. The number of halogens is 1. The highest BCUT2D eigenvalue weighted by atomic mass is 32.2. The van der Waals surface area contributed by atoms with Crippen molar-refractivity contribution >= 4 is 50.9 Å². The number of nitrogens with one attached hydrogen (secondary N) is 2. The third-order valence-electron chi connectivity index (χ3n) is 5.02. The van der Waals surface area contributed by atoms with E-state index in [1.54, 1.807) is 25.1 Å². The smallest absolute Gasteiger partial charge is 0.261 e. The number of aryl methyl sites for hydroxylation is 1. The number of hydrogen-bond donors (Lipinski definition) is 2. The van der Waals surface area contributed by atoms with Crippen LogP contribution in [0.5, 0.6) is 5.75 Å². The normalized spacial score (nSPS) is 16.7. The molecule has 1 saturated heterocycles. The molecule has 1 amide bonds. The monoisotopic (exact) mass is 447 g/mol. The maximum atomic E-state index is 14.0. The molecule has 1 atom stereocenters. The summed E-state index contributed by atoms with van der Waals surface area (Å²) >= 11 is 3.00. The molecular formula is C20H22FN5O2S2. The first-order valence-corrected chi connectivity index (χ1v) is 11.5. The molecule has 7 nitrogen and oxygen atoms in total. The van der Waals surface area contributed by atoms with Gasteiger partial charge >= 0.3 is 0 Å².